The highest BCUT2D eigenvalue weighted by atomic mass is 32.1. The molecule has 4 aromatic heterocycles. The Kier molecular flexibility index (Phi) is 7.24. The van der Waals surface area contributed by atoms with Crippen LogP contribution in [0.4, 0.5) is 0 Å². The van der Waals surface area contributed by atoms with E-state index in [1.54, 1.807) is 11.3 Å². The van der Waals surface area contributed by atoms with Gasteiger partial charge in [-0.05, 0) is 77.9 Å². The lowest BCUT2D eigenvalue weighted by molar-refractivity contribution is 1.08. The van der Waals surface area contributed by atoms with Crippen molar-refractivity contribution in [3.05, 3.63) is 182 Å². The molecule has 8 aromatic carbocycles. The third kappa shape index (κ3) is 5.15. The van der Waals surface area contributed by atoms with Gasteiger partial charge in [0.15, 0.2) is 17.5 Å². The number of hydrogen-bond donors (Lipinski definition) is 0. The van der Waals surface area contributed by atoms with Crippen LogP contribution < -0.4 is 0 Å². The maximum absolute atomic E-state index is 5.26. The summed E-state index contributed by atoms with van der Waals surface area (Å²) in [5.41, 5.74) is 8.90. The second kappa shape index (κ2) is 12.8. The Labute approximate surface area is 335 Å². The molecule has 4 heterocycles. The molecule has 0 saturated heterocycles. The van der Waals surface area contributed by atoms with Gasteiger partial charge in [-0.15, -0.1) is 22.7 Å². The van der Waals surface area contributed by atoms with E-state index in [2.05, 4.69) is 168 Å². The topological polar surface area (TPSA) is 43.6 Å². The molecule has 0 bridgehead atoms. The van der Waals surface area contributed by atoms with Crippen molar-refractivity contribution < 1.29 is 0 Å². The summed E-state index contributed by atoms with van der Waals surface area (Å²) in [4.78, 5) is 15.6. The Morgan fingerprint density at radius 1 is 0.333 bits per heavy atom. The Hall–Kier alpha value is -6.99. The number of hydrogen-bond acceptors (Lipinski definition) is 5. The second-order valence-corrected chi connectivity index (χ2v) is 16.5. The lowest BCUT2D eigenvalue weighted by atomic mass is 9.97. The van der Waals surface area contributed by atoms with E-state index in [1.807, 2.05) is 29.5 Å². The number of rotatable bonds is 5. The van der Waals surface area contributed by atoms with E-state index in [1.165, 1.54) is 73.3 Å². The van der Waals surface area contributed by atoms with E-state index < -0.39 is 0 Å². The molecule has 4 nitrogen and oxygen atoms in total. The lowest BCUT2D eigenvalue weighted by Crippen LogP contribution is -2.00. The van der Waals surface area contributed by atoms with Gasteiger partial charge in [0.1, 0.15) is 0 Å². The number of nitrogens with zero attached hydrogens (tertiary/aromatic N) is 4. The number of para-hydroxylation sites is 2. The summed E-state index contributed by atoms with van der Waals surface area (Å²) in [6, 6.07) is 64.9. The maximum Gasteiger partial charge on any atom is 0.164 e. The molecule has 0 aliphatic rings. The third-order valence-corrected chi connectivity index (χ3v) is 13.3. The highest BCUT2D eigenvalue weighted by Crippen LogP contribution is 2.44. The molecule has 266 valence electrons. The van der Waals surface area contributed by atoms with Gasteiger partial charge >= 0.3 is 0 Å². The van der Waals surface area contributed by atoms with E-state index in [9.17, 15) is 0 Å². The first-order valence-electron chi connectivity index (χ1n) is 19.0. The van der Waals surface area contributed by atoms with Gasteiger partial charge in [0.2, 0.25) is 0 Å². The molecule has 12 aromatic rings. The van der Waals surface area contributed by atoms with Gasteiger partial charge in [-0.3, -0.25) is 0 Å². The number of fused-ring (bicyclic) bond motifs is 9. The highest BCUT2D eigenvalue weighted by Gasteiger charge is 2.19. The van der Waals surface area contributed by atoms with Crippen LogP contribution in [-0.2, 0) is 0 Å². The van der Waals surface area contributed by atoms with Crippen LogP contribution in [0, 0.1) is 0 Å². The summed E-state index contributed by atoms with van der Waals surface area (Å²) in [5.74, 6) is 1.99. The maximum atomic E-state index is 5.26. The van der Waals surface area contributed by atoms with Gasteiger partial charge in [-0.25, -0.2) is 15.0 Å². The van der Waals surface area contributed by atoms with Gasteiger partial charge in [-0.1, -0.05) is 115 Å². The zero-order valence-electron chi connectivity index (χ0n) is 30.4. The summed E-state index contributed by atoms with van der Waals surface area (Å²) in [6.45, 7) is 0. The quantitative estimate of drug-likeness (QED) is 0.175. The first-order chi connectivity index (χ1) is 28.2. The molecule has 12 rings (SSSR count). The van der Waals surface area contributed by atoms with E-state index in [4.69, 9.17) is 15.0 Å². The summed E-state index contributed by atoms with van der Waals surface area (Å²) in [5, 5.41) is 7.33. The van der Waals surface area contributed by atoms with E-state index in [-0.39, 0.29) is 0 Å². The zero-order valence-corrected chi connectivity index (χ0v) is 32.1. The fraction of sp³-hybridized carbons (Fsp3) is 0. The molecule has 0 aliphatic carbocycles. The van der Waals surface area contributed by atoms with Crippen molar-refractivity contribution in [1.29, 1.82) is 0 Å². The Balaban J connectivity index is 1.06. The van der Waals surface area contributed by atoms with Crippen molar-refractivity contribution in [3.8, 4) is 51.0 Å². The Morgan fingerprint density at radius 3 is 1.70 bits per heavy atom. The van der Waals surface area contributed by atoms with Crippen LogP contribution in [-0.4, -0.2) is 19.5 Å². The van der Waals surface area contributed by atoms with E-state index >= 15 is 0 Å². The largest absolute Gasteiger partial charge is 0.309 e. The molecule has 6 heteroatoms. The molecule has 57 heavy (non-hydrogen) atoms. The van der Waals surface area contributed by atoms with Crippen molar-refractivity contribution in [2.45, 2.75) is 0 Å². The second-order valence-electron chi connectivity index (χ2n) is 14.4. The van der Waals surface area contributed by atoms with Crippen LogP contribution in [0.15, 0.2) is 182 Å². The van der Waals surface area contributed by atoms with Crippen LogP contribution >= 0.6 is 22.7 Å². The molecule has 0 amide bonds. The number of aromatic nitrogens is 4. The fourth-order valence-corrected chi connectivity index (χ4v) is 10.7. The van der Waals surface area contributed by atoms with Crippen LogP contribution in [0.5, 0.6) is 0 Å². The number of benzene rings is 8. The highest BCUT2D eigenvalue weighted by molar-refractivity contribution is 7.26. The molecular formula is C51H30N4S2. The molecule has 0 N–H and O–H groups in total. The van der Waals surface area contributed by atoms with E-state index in [0.29, 0.717) is 17.5 Å². The van der Waals surface area contributed by atoms with E-state index in [0.717, 1.165) is 22.4 Å². The summed E-state index contributed by atoms with van der Waals surface area (Å²) in [7, 11) is 0. The van der Waals surface area contributed by atoms with Gasteiger partial charge in [0.05, 0.1) is 11.0 Å². The van der Waals surface area contributed by atoms with Gasteiger partial charge in [-0.2, -0.15) is 0 Å². The molecule has 0 fully saturated rings. The number of thiophene rings is 2. The zero-order chi connectivity index (χ0) is 37.5. The molecule has 0 spiro atoms. The first-order valence-corrected chi connectivity index (χ1v) is 20.7. The molecule has 0 radical (unpaired) electrons. The van der Waals surface area contributed by atoms with Gasteiger partial charge < -0.3 is 4.57 Å². The predicted molar refractivity (Wildman–Crippen MR) is 242 cm³/mol. The molecule has 0 atom stereocenters. The monoisotopic (exact) mass is 762 g/mol. The minimum absolute atomic E-state index is 0.657. The summed E-state index contributed by atoms with van der Waals surface area (Å²) < 4.78 is 7.33. The van der Waals surface area contributed by atoms with Crippen molar-refractivity contribution in [2.24, 2.45) is 0 Å². The van der Waals surface area contributed by atoms with Crippen LogP contribution in [0.1, 0.15) is 0 Å². The van der Waals surface area contributed by atoms with Gasteiger partial charge in [0.25, 0.3) is 0 Å². The third-order valence-electron chi connectivity index (χ3n) is 11.1. The molecule has 0 unspecified atom stereocenters. The lowest BCUT2D eigenvalue weighted by Gasteiger charge is -2.10. The van der Waals surface area contributed by atoms with Crippen molar-refractivity contribution >= 4 is 84.8 Å². The minimum atomic E-state index is 0.657. The predicted octanol–water partition coefficient (Wildman–Crippen LogP) is 14.4. The molecule has 0 saturated carbocycles. The average molecular weight is 763 g/mol. The Bertz CT molecular complexity index is 3530. The summed E-state index contributed by atoms with van der Waals surface area (Å²) >= 11 is 3.63. The first kappa shape index (κ1) is 32.3. The van der Waals surface area contributed by atoms with Crippen LogP contribution in [0.2, 0.25) is 0 Å². The summed E-state index contributed by atoms with van der Waals surface area (Å²) in [6.07, 6.45) is 0. The normalized spacial score (nSPS) is 11.9. The van der Waals surface area contributed by atoms with Crippen molar-refractivity contribution in [1.82, 2.24) is 19.5 Å². The van der Waals surface area contributed by atoms with Gasteiger partial charge in [0, 0.05) is 73.5 Å². The fourth-order valence-electron chi connectivity index (χ4n) is 8.50. The minimum Gasteiger partial charge on any atom is -0.309 e. The van der Waals surface area contributed by atoms with Crippen LogP contribution in [0.3, 0.4) is 0 Å². The van der Waals surface area contributed by atoms with Crippen LogP contribution in [0.25, 0.3) is 113 Å². The molecular weight excluding hydrogens is 733 g/mol. The molecule has 0 aliphatic heterocycles. The smallest absolute Gasteiger partial charge is 0.164 e. The standard InChI is InChI=1S/C51H30N4S2/c1-3-13-31(14-4-1)49-52-50(54-51(53-49)38-20-12-24-46-48(38)37-18-8-10-22-43(37)56-46)33-26-28-44-40(30-33)47-35(19-11-23-45(47)57-44)32-25-27-42-39(29-32)36-17-7-9-21-41(36)55(42)34-15-5-2-6-16-34/h1-30H. The van der Waals surface area contributed by atoms with Crippen molar-refractivity contribution in [3.63, 3.8) is 0 Å². The SMILES string of the molecule is c1ccc(-c2nc(-c3ccc4sc5cccc(-c6ccc7c(c6)c6ccccc6n7-c6ccccc6)c5c4c3)nc(-c3cccc4sc5ccccc5c34)n2)cc1. The average Bonchev–Trinajstić information content (AvgIpc) is 3.96. The van der Waals surface area contributed by atoms with Crippen molar-refractivity contribution in [2.75, 3.05) is 0 Å². The Morgan fingerprint density at radius 2 is 0.895 bits per heavy atom.